The van der Waals surface area contributed by atoms with Gasteiger partial charge < -0.3 is 13.7 Å². The number of halogens is 2. The largest absolute Gasteiger partial charge is 1.00 e. The molecule has 0 aliphatic carbocycles. The van der Waals surface area contributed by atoms with Crippen LogP contribution in [0.25, 0.3) is 0 Å². The van der Waals surface area contributed by atoms with E-state index in [1.807, 2.05) is 0 Å². The van der Waals surface area contributed by atoms with Gasteiger partial charge in [-0.15, -0.1) is 17.6 Å². The second kappa shape index (κ2) is 6.39. The number of quaternary nitrogens is 1. The minimum Gasteiger partial charge on any atom is -0.517 e. The van der Waals surface area contributed by atoms with Gasteiger partial charge in [-0.3, -0.25) is 0 Å². The maximum atomic E-state index is 14.2. The van der Waals surface area contributed by atoms with Gasteiger partial charge in [-0.2, -0.15) is 6.07 Å². The summed E-state index contributed by atoms with van der Waals surface area (Å²) in [7, 11) is 0. The molecule has 0 amide bonds. The van der Waals surface area contributed by atoms with Crippen molar-refractivity contribution in [1.29, 1.82) is 0 Å². The van der Waals surface area contributed by atoms with E-state index in [1.54, 1.807) is 0 Å². The van der Waals surface area contributed by atoms with Gasteiger partial charge in [0.25, 0.3) is 0 Å². The SMILES string of the molecule is CCCC[N+]12CCO[B-]1(c1ccc(F)[c-]c1F)OCC2.[Li+]. The average molecular weight is 289 g/mol. The van der Waals surface area contributed by atoms with Gasteiger partial charge in [0.05, 0.1) is 26.3 Å². The smallest absolute Gasteiger partial charge is 0.517 e. The molecular weight excluding hydrogens is 270 g/mol. The van der Waals surface area contributed by atoms with E-state index < -0.39 is 18.3 Å². The molecule has 3 rings (SSSR count). The fourth-order valence-corrected chi connectivity index (χ4v) is 3.68. The molecule has 0 bridgehead atoms. The molecule has 2 aliphatic heterocycles. The Morgan fingerprint density at radius 2 is 1.90 bits per heavy atom. The molecule has 1 aromatic rings. The summed E-state index contributed by atoms with van der Waals surface area (Å²) >= 11 is 0. The van der Waals surface area contributed by atoms with Crippen LogP contribution in [0.3, 0.4) is 0 Å². The van der Waals surface area contributed by atoms with Crippen LogP contribution in [0.15, 0.2) is 12.1 Å². The third kappa shape index (κ3) is 2.58. The van der Waals surface area contributed by atoms with E-state index in [4.69, 9.17) is 9.31 Å². The standard InChI is InChI=1S/C14H19BF2NO2.Li/c1-2-3-6-18-7-9-19-15(18,20-10-8-18)13-5-4-12(16)11-14(13)17;/h4-5H,2-3,6-10H2,1H3;/q-1;+1. The Bertz CT molecular complexity index is 508. The number of benzene rings is 1. The second-order valence-electron chi connectivity index (χ2n) is 5.73. The number of fused-ring (bicyclic) bond motifs is 1. The van der Waals surface area contributed by atoms with E-state index in [0.717, 1.165) is 32.5 Å². The quantitative estimate of drug-likeness (QED) is 0.501. The summed E-state index contributed by atoms with van der Waals surface area (Å²) in [6, 6.07) is 4.79. The van der Waals surface area contributed by atoms with Crippen molar-refractivity contribution in [2.45, 2.75) is 19.8 Å². The van der Waals surface area contributed by atoms with Crippen molar-refractivity contribution in [3.63, 3.8) is 0 Å². The first kappa shape index (κ1) is 17.0. The Hall–Kier alpha value is -0.378. The summed E-state index contributed by atoms with van der Waals surface area (Å²) in [6.45, 7) is 3.92. The Labute approximate surface area is 136 Å². The first-order valence-corrected chi connectivity index (χ1v) is 7.29. The third-order valence-electron chi connectivity index (χ3n) is 4.72. The van der Waals surface area contributed by atoms with Crippen LogP contribution in [0.5, 0.6) is 0 Å². The van der Waals surface area contributed by atoms with Crippen molar-refractivity contribution < 1.29 is 41.3 Å². The Kier molecular flexibility index (Phi) is 5.17. The van der Waals surface area contributed by atoms with Crippen LogP contribution in [0, 0.1) is 17.7 Å². The van der Waals surface area contributed by atoms with Gasteiger partial charge in [0.15, 0.2) is 0 Å². The van der Waals surface area contributed by atoms with Crippen LogP contribution in [-0.2, 0) is 9.31 Å². The van der Waals surface area contributed by atoms with Gasteiger partial charge in [0.1, 0.15) is 0 Å². The molecule has 110 valence electrons. The van der Waals surface area contributed by atoms with Gasteiger partial charge in [0, 0.05) is 12.4 Å². The molecule has 0 N–H and O–H groups in total. The van der Waals surface area contributed by atoms with Crippen molar-refractivity contribution in [3.05, 3.63) is 29.8 Å². The molecular formula is C14H19BF2LiNO2. The van der Waals surface area contributed by atoms with Gasteiger partial charge in [0.2, 0.25) is 0 Å². The van der Waals surface area contributed by atoms with E-state index in [-0.39, 0.29) is 18.9 Å². The maximum Gasteiger partial charge on any atom is 1.00 e. The Balaban J connectivity index is 0.00000161. The van der Waals surface area contributed by atoms with Crippen LogP contribution in [0.1, 0.15) is 19.8 Å². The fourth-order valence-electron chi connectivity index (χ4n) is 3.68. The van der Waals surface area contributed by atoms with Gasteiger partial charge in [-0.1, -0.05) is 13.3 Å². The Morgan fingerprint density at radius 1 is 1.24 bits per heavy atom. The van der Waals surface area contributed by atoms with Crippen LogP contribution in [-0.4, -0.2) is 43.9 Å². The van der Waals surface area contributed by atoms with Crippen LogP contribution >= 0.6 is 0 Å². The minimum atomic E-state index is -1.90. The van der Waals surface area contributed by atoms with Crippen molar-refractivity contribution in [1.82, 2.24) is 0 Å². The van der Waals surface area contributed by atoms with E-state index in [9.17, 15) is 8.78 Å². The molecule has 0 radical (unpaired) electrons. The number of rotatable bonds is 4. The Morgan fingerprint density at radius 3 is 2.48 bits per heavy atom. The topological polar surface area (TPSA) is 18.5 Å². The third-order valence-corrected chi connectivity index (χ3v) is 4.72. The fraction of sp³-hybridized carbons (Fsp3) is 0.571. The zero-order valence-corrected chi connectivity index (χ0v) is 12.7. The molecule has 2 aliphatic rings. The van der Waals surface area contributed by atoms with E-state index in [0.29, 0.717) is 23.1 Å². The van der Waals surface area contributed by atoms with Crippen molar-refractivity contribution in [2.24, 2.45) is 0 Å². The first-order chi connectivity index (χ1) is 9.63. The summed E-state index contributed by atoms with van der Waals surface area (Å²) in [5.41, 5.74) is 0.331. The number of hydrogen-bond acceptors (Lipinski definition) is 2. The molecule has 21 heavy (non-hydrogen) atoms. The monoisotopic (exact) mass is 289 g/mol. The molecule has 3 nitrogen and oxygen atoms in total. The van der Waals surface area contributed by atoms with Crippen molar-refractivity contribution in [3.8, 4) is 0 Å². The van der Waals surface area contributed by atoms with E-state index in [1.165, 1.54) is 12.1 Å². The molecule has 0 unspecified atom stereocenters. The summed E-state index contributed by atoms with van der Waals surface area (Å²) in [5.74, 6) is -1.38. The molecule has 1 aromatic carbocycles. The van der Waals surface area contributed by atoms with E-state index >= 15 is 0 Å². The van der Waals surface area contributed by atoms with E-state index in [2.05, 4.69) is 13.0 Å². The summed E-state index contributed by atoms with van der Waals surface area (Å²) in [4.78, 5) is 0. The molecule has 2 saturated heterocycles. The zero-order chi connectivity index (χ0) is 14.2. The first-order valence-electron chi connectivity index (χ1n) is 7.29. The normalized spacial score (nSPS) is 31.0. The second-order valence-corrected chi connectivity index (χ2v) is 5.73. The molecule has 0 atom stereocenters. The molecule has 0 saturated carbocycles. The molecule has 0 spiro atoms. The maximum absolute atomic E-state index is 14.2. The molecule has 2 heterocycles. The summed E-state index contributed by atoms with van der Waals surface area (Å²) < 4.78 is 39.7. The summed E-state index contributed by atoms with van der Waals surface area (Å²) in [6.07, 6.45) is 2.12. The van der Waals surface area contributed by atoms with Gasteiger partial charge in [-0.25, -0.2) is 8.78 Å². The molecule has 0 aromatic heterocycles. The van der Waals surface area contributed by atoms with Crippen molar-refractivity contribution >= 4 is 12.1 Å². The predicted molar refractivity (Wildman–Crippen MR) is 72.3 cm³/mol. The molecule has 2 fully saturated rings. The number of nitrogens with zero attached hydrogens (tertiary/aromatic N) is 1. The van der Waals surface area contributed by atoms with Gasteiger partial charge in [-0.05, 0) is 12.2 Å². The van der Waals surface area contributed by atoms with Gasteiger partial charge >= 0.3 is 25.5 Å². The average Bonchev–Trinajstić information content (AvgIpc) is 2.91. The predicted octanol–water partition coefficient (Wildman–Crippen LogP) is -1.41. The summed E-state index contributed by atoms with van der Waals surface area (Å²) in [5, 5.41) is 0. The number of unbranched alkanes of at least 4 members (excludes halogenated alkanes) is 1. The van der Waals surface area contributed by atoms with Crippen LogP contribution < -0.4 is 24.3 Å². The molecule has 7 heteroatoms. The minimum absolute atomic E-state index is 0. The van der Waals surface area contributed by atoms with Crippen LogP contribution in [0.2, 0.25) is 0 Å². The zero-order valence-electron chi connectivity index (χ0n) is 12.7. The van der Waals surface area contributed by atoms with Crippen LogP contribution in [0.4, 0.5) is 8.78 Å². The number of hydrogen-bond donors (Lipinski definition) is 0. The van der Waals surface area contributed by atoms with Crippen molar-refractivity contribution in [2.75, 3.05) is 32.8 Å².